The molecule has 0 saturated heterocycles. The van der Waals surface area contributed by atoms with Crippen molar-refractivity contribution >= 4 is 21.9 Å². The SMILES string of the molecule is Cc1ccc(-c2nncc3c2oc2ccccc23)cc1. The van der Waals surface area contributed by atoms with Gasteiger partial charge in [0.25, 0.3) is 0 Å². The van der Waals surface area contributed by atoms with Crippen LogP contribution in [0.5, 0.6) is 0 Å². The van der Waals surface area contributed by atoms with Gasteiger partial charge in [-0.1, -0.05) is 48.0 Å². The van der Waals surface area contributed by atoms with E-state index < -0.39 is 0 Å². The van der Waals surface area contributed by atoms with Crippen LogP contribution < -0.4 is 0 Å². The summed E-state index contributed by atoms with van der Waals surface area (Å²) >= 11 is 0. The van der Waals surface area contributed by atoms with Crippen molar-refractivity contribution in [1.29, 1.82) is 0 Å². The van der Waals surface area contributed by atoms with Crippen molar-refractivity contribution in [3.63, 3.8) is 0 Å². The standard InChI is InChI=1S/C17H12N2O/c1-11-6-8-12(9-7-11)16-17-14(10-18-19-16)13-4-2-3-5-15(13)20-17/h2-10H,1H3. The van der Waals surface area contributed by atoms with Gasteiger partial charge >= 0.3 is 0 Å². The molecule has 96 valence electrons. The molecule has 0 spiro atoms. The molecule has 0 atom stereocenters. The van der Waals surface area contributed by atoms with E-state index in [0.29, 0.717) is 0 Å². The minimum atomic E-state index is 0.790. The van der Waals surface area contributed by atoms with Crippen LogP contribution in [-0.4, -0.2) is 10.2 Å². The van der Waals surface area contributed by atoms with Crippen molar-refractivity contribution in [2.75, 3.05) is 0 Å². The summed E-state index contributed by atoms with van der Waals surface area (Å²) < 4.78 is 5.97. The van der Waals surface area contributed by atoms with E-state index in [2.05, 4.69) is 29.3 Å². The Hall–Kier alpha value is -2.68. The lowest BCUT2D eigenvalue weighted by Crippen LogP contribution is -1.87. The van der Waals surface area contributed by atoms with E-state index in [1.807, 2.05) is 36.4 Å². The Bertz CT molecular complexity index is 907. The molecule has 4 rings (SSSR count). The summed E-state index contributed by atoms with van der Waals surface area (Å²) in [5.41, 5.74) is 4.70. The first-order chi connectivity index (χ1) is 9.83. The molecule has 4 aromatic rings. The zero-order valence-electron chi connectivity index (χ0n) is 11.0. The average Bonchev–Trinajstić information content (AvgIpc) is 2.87. The number of benzene rings is 2. The number of para-hydroxylation sites is 1. The quantitative estimate of drug-likeness (QED) is 0.510. The highest BCUT2D eigenvalue weighted by Crippen LogP contribution is 2.33. The van der Waals surface area contributed by atoms with E-state index in [0.717, 1.165) is 33.2 Å². The van der Waals surface area contributed by atoms with Gasteiger partial charge in [0.15, 0.2) is 5.58 Å². The van der Waals surface area contributed by atoms with Gasteiger partial charge in [-0.15, -0.1) is 5.10 Å². The first kappa shape index (κ1) is 11.2. The molecule has 0 fully saturated rings. The second kappa shape index (κ2) is 4.17. The topological polar surface area (TPSA) is 38.9 Å². The Morgan fingerprint density at radius 2 is 1.70 bits per heavy atom. The summed E-state index contributed by atoms with van der Waals surface area (Å²) in [6.45, 7) is 2.07. The molecule has 0 aliphatic rings. The molecule has 0 radical (unpaired) electrons. The molecular weight excluding hydrogens is 248 g/mol. The third-order valence-corrected chi connectivity index (χ3v) is 3.52. The van der Waals surface area contributed by atoms with Crippen LogP contribution in [0, 0.1) is 6.92 Å². The first-order valence-electron chi connectivity index (χ1n) is 6.53. The molecule has 0 amide bonds. The number of fused-ring (bicyclic) bond motifs is 3. The van der Waals surface area contributed by atoms with Gasteiger partial charge in [-0.2, -0.15) is 5.10 Å². The lowest BCUT2D eigenvalue weighted by Gasteiger charge is -2.00. The molecule has 2 aromatic heterocycles. The van der Waals surface area contributed by atoms with E-state index in [9.17, 15) is 0 Å². The van der Waals surface area contributed by atoms with Crippen molar-refractivity contribution in [3.05, 3.63) is 60.3 Å². The van der Waals surface area contributed by atoms with E-state index in [1.54, 1.807) is 6.20 Å². The summed E-state index contributed by atoms with van der Waals surface area (Å²) in [6.07, 6.45) is 1.76. The van der Waals surface area contributed by atoms with Gasteiger partial charge in [-0.05, 0) is 13.0 Å². The maximum atomic E-state index is 5.97. The molecule has 2 aromatic carbocycles. The third kappa shape index (κ3) is 1.60. The Kier molecular flexibility index (Phi) is 2.33. The third-order valence-electron chi connectivity index (χ3n) is 3.52. The van der Waals surface area contributed by atoms with Crippen LogP contribution in [0.3, 0.4) is 0 Å². The molecule has 0 bridgehead atoms. The summed E-state index contributed by atoms with van der Waals surface area (Å²) in [4.78, 5) is 0. The van der Waals surface area contributed by atoms with Crippen LogP contribution in [0.25, 0.3) is 33.2 Å². The fraction of sp³-hybridized carbons (Fsp3) is 0.0588. The molecule has 2 heterocycles. The zero-order chi connectivity index (χ0) is 13.5. The lowest BCUT2D eigenvalue weighted by atomic mass is 10.1. The van der Waals surface area contributed by atoms with E-state index >= 15 is 0 Å². The highest BCUT2D eigenvalue weighted by molar-refractivity contribution is 6.08. The maximum absolute atomic E-state index is 5.97. The van der Waals surface area contributed by atoms with Crippen molar-refractivity contribution in [2.45, 2.75) is 6.92 Å². The van der Waals surface area contributed by atoms with Gasteiger partial charge in [0.05, 0.1) is 11.6 Å². The highest BCUT2D eigenvalue weighted by Gasteiger charge is 2.13. The van der Waals surface area contributed by atoms with Crippen LogP contribution in [0.1, 0.15) is 5.56 Å². The highest BCUT2D eigenvalue weighted by atomic mass is 16.3. The Morgan fingerprint density at radius 1 is 0.900 bits per heavy atom. The van der Waals surface area contributed by atoms with Gasteiger partial charge in [0, 0.05) is 10.9 Å². The predicted octanol–water partition coefficient (Wildman–Crippen LogP) is 4.35. The maximum Gasteiger partial charge on any atom is 0.165 e. The number of hydrogen-bond acceptors (Lipinski definition) is 3. The summed E-state index contributed by atoms with van der Waals surface area (Å²) in [7, 11) is 0. The van der Waals surface area contributed by atoms with Crippen LogP contribution >= 0.6 is 0 Å². The Labute approximate surface area is 115 Å². The molecular formula is C17H12N2O. The smallest absolute Gasteiger partial charge is 0.165 e. The van der Waals surface area contributed by atoms with Gasteiger partial charge in [0.2, 0.25) is 0 Å². The van der Waals surface area contributed by atoms with Crippen molar-refractivity contribution in [3.8, 4) is 11.3 Å². The van der Waals surface area contributed by atoms with Gasteiger partial charge in [-0.3, -0.25) is 0 Å². The molecule has 20 heavy (non-hydrogen) atoms. The normalized spacial score (nSPS) is 11.2. The van der Waals surface area contributed by atoms with E-state index in [-0.39, 0.29) is 0 Å². The second-order valence-corrected chi connectivity index (χ2v) is 4.90. The number of rotatable bonds is 1. The zero-order valence-corrected chi connectivity index (χ0v) is 11.0. The Morgan fingerprint density at radius 3 is 2.55 bits per heavy atom. The van der Waals surface area contributed by atoms with Gasteiger partial charge < -0.3 is 4.42 Å². The molecule has 3 nitrogen and oxygen atoms in total. The monoisotopic (exact) mass is 260 g/mol. The summed E-state index contributed by atoms with van der Waals surface area (Å²) in [6, 6.07) is 16.2. The largest absolute Gasteiger partial charge is 0.454 e. The minimum Gasteiger partial charge on any atom is -0.454 e. The molecule has 3 heteroatoms. The predicted molar refractivity (Wildman–Crippen MR) is 79.5 cm³/mol. The molecule has 0 N–H and O–H groups in total. The van der Waals surface area contributed by atoms with E-state index in [4.69, 9.17) is 4.42 Å². The first-order valence-corrected chi connectivity index (χ1v) is 6.53. The summed E-state index contributed by atoms with van der Waals surface area (Å²) in [5.74, 6) is 0. The number of aryl methyl sites for hydroxylation is 1. The van der Waals surface area contributed by atoms with Crippen molar-refractivity contribution in [2.24, 2.45) is 0 Å². The van der Waals surface area contributed by atoms with Crippen LogP contribution in [0.2, 0.25) is 0 Å². The summed E-state index contributed by atoms with van der Waals surface area (Å²) in [5, 5.41) is 10.5. The van der Waals surface area contributed by atoms with Crippen molar-refractivity contribution in [1.82, 2.24) is 10.2 Å². The van der Waals surface area contributed by atoms with Crippen LogP contribution in [-0.2, 0) is 0 Å². The average molecular weight is 260 g/mol. The number of hydrogen-bond donors (Lipinski definition) is 0. The number of nitrogens with zero attached hydrogens (tertiary/aromatic N) is 2. The Balaban J connectivity index is 2.07. The number of aromatic nitrogens is 2. The fourth-order valence-corrected chi connectivity index (χ4v) is 2.46. The van der Waals surface area contributed by atoms with Gasteiger partial charge in [0.1, 0.15) is 11.3 Å². The number of furan rings is 1. The minimum absolute atomic E-state index is 0.790. The van der Waals surface area contributed by atoms with Crippen molar-refractivity contribution < 1.29 is 4.42 Å². The second-order valence-electron chi connectivity index (χ2n) is 4.90. The molecule has 0 saturated carbocycles. The van der Waals surface area contributed by atoms with Crippen LogP contribution in [0.4, 0.5) is 0 Å². The fourth-order valence-electron chi connectivity index (χ4n) is 2.46. The van der Waals surface area contributed by atoms with Crippen LogP contribution in [0.15, 0.2) is 59.1 Å². The van der Waals surface area contributed by atoms with Gasteiger partial charge in [-0.25, -0.2) is 0 Å². The molecule has 0 aliphatic carbocycles. The van der Waals surface area contributed by atoms with E-state index in [1.165, 1.54) is 5.56 Å². The lowest BCUT2D eigenvalue weighted by molar-refractivity contribution is 0.666. The molecule has 0 aliphatic heterocycles. The molecule has 0 unspecified atom stereocenters.